The van der Waals surface area contributed by atoms with Gasteiger partial charge in [0.15, 0.2) is 0 Å². The molecule has 0 atom stereocenters. The van der Waals surface area contributed by atoms with E-state index in [-0.39, 0.29) is 0 Å². The maximum Gasteiger partial charge on any atom is 0.128 e. The summed E-state index contributed by atoms with van der Waals surface area (Å²) in [5, 5.41) is 1.95. The van der Waals surface area contributed by atoms with Gasteiger partial charge in [0.1, 0.15) is 12.4 Å². The Hall–Kier alpha value is -1.93. The van der Waals surface area contributed by atoms with Gasteiger partial charge in [0.2, 0.25) is 0 Å². The predicted molar refractivity (Wildman–Crippen MR) is 88.1 cm³/mol. The zero-order valence-corrected chi connectivity index (χ0v) is 13.0. The standard InChI is InChI=1S/C18H18ClNO/c1-3-20-15(11-14-8-6-9-16(19)18(14)20)12-21-17-10-5-4-7-13(17)2/h4-11H,3,12H2,1-2H3. The van der Waals surface area contributed by atoms with E-state index >= 15 is 0 Å². The van der Waals surface area contributed by atoms with Gasteiger partial charge in [-0.05, 0) is 37.6 Å². The van der Waals surface area contributed by atoms with Crippen LogP contribution in [0.1, 0.15) is 18.2 Å². The third kappa shape index (κ3) is 2.64. The fourth-order valence-electron chi connectivity index (χ4n) is 2.69. The second kappa shape index (κ2) is 5.82. The molecule has 0 unspecified atom stereocenters. The van der Waals surface area contributed by atoms with Crippen molar-refractivity contribution in [3.8, 4) is 5.75 Å². The van der Waals surface area contributed by atoms with E-state index in [4.69, 9.17) is 16.3 Å². The van der Waals surface area contributed by atoms with Crippen LogP contribution in [0, 0.1) is 6.92 Å². The maximum absolute atomic E-state index is 6.34. The van der Waals surface area contributed by atoms with Crippen molar-refractivity contribution in [1.82, 2.24) is 4.57 Å². The number of aryl methyl sites for hydroxylation is 2. The normalized spacial score (nSPS) is 11.0. The molecule has 0 bridgehead atoms. The molecule has 0 aliphatic carbocycles. The first-order valence-corrected chi connectivity index (χ1v) is 7.53. The number of benzene rings is 2. The van der Waals surface area contributed by atoms with Crippen molar-refractivity contribution in [2.45, 2.75) is 27.0 Å². The van der Waals surface area contributed by atoms with E-state index in [1.807, 2.05) is 30.3 Å². The minimum atomic E-state index is 0.545. The van der Waals surface area contributed by atoms with Crippen molar-refractivity contribution in [2.75, 3.05) is 0 Å². The summed E-state index contributed by atoms with van der Waals surface area (Å²) in [6.07, 6.45) is 0. The Morgan fingerprint density at radius 2 is 1.90 bits per heavy atom. The highest BCUT2D eigenvalue weighted by molar-refractivity contribution is 6.35. The summed E-state index contributed by atoms with van der Waals surface area (Å²) in [5.41, 5.74) is 3.38. The number of hydrogen-bond donors (Lipinski definition) is 0. The molecule has 0 amide bonds. The van der Waals surface area contributed by atoms with Crippen LogP contribution in [-0.4, -0.2) is 4.57 Å². The van der Waals surface area contributed by atoms with Crippen molar-refractivity contribution in [3.05, 3.63) is 64.8 Å². The van der Waals surface area contributed by atoms with Gasteiger partial charge in [0.25, 0.3) is 0 Å². The van der Waals surface area contributed by atoms with Gasteiger partial charge < -0.3 is 9.30 Å². The zero-order valence-electron chi connectivity index (χ0n) is 12.3. The van der Waals surface area contributed by atoms with E-state index in [0.29, 0.717) is 6.61 Å². The smallest absolute Gasteiger partial charge is 0.128 e. The van der Waals surface area contributed by atoms with Gasteiger partial charge in [-0.25, -0.2) is 0 Å². The lowest BCUT2D eigenvalue weighted by molar-refractivity contribution is 0.294. The summed E-state index contributed by atoms with van der Waals surface area (Å²) in [5.74, 6) is 0.927. The highest BCUT2D eigenvalue weighted by Crippen LogP contribution is 2.28. The second-order valence-corrected chi connectivity index (χ2v) is 5.52. The summed E-state index contributed by atoms with van der Waals surface area (Å²) < 4.78 is 8.19. The van der Waals surface area contributed by atoms with Crippen LogP contribution < -0.4 is 4.74 Å². The fourth-order valence-corrected chi connectivity index (χ4v) is 2.97. The molecule has 2 nitrogen and oxygen atoms in total. The Bertz CT molecular complexity index is 776. The lowest BCUT2D eigenvalue weighted by Gasteiger charge is -2.11. The number of nitrogens with zero attached hydrogens (tertiary/aromatic N) is 1. The van der Waals surface area contributed by atoms with Crippen LogP contribution >= 0.6 is 11.6 Å². The zero-order chi connectivity index (χ0) is 14.8. The average molecular weight is 300 g/mol. The molecule has 0 N–H and O–H groups in total. The number of hydrogen-bond acceptors (Lipinski definition) is 1. The van der Waals surface area contributed by atoms with E-state index in [1.165, 1.54) is 0 Å². The SMILES string of the molecule is CCn1c(COc2ccccc2C)cc2cccc(Cl)c21. The highest BCUT2D eigenvalue weighted by Gasteiger charge is 2.11. The third-order valence-corrected chi connectivity index (χ3v) is 4.05. The molecule has 3 rings (SSSR count). The van der Waals surface area contributed by atoms with E-state index in [1.54, 1.807) is 0 Å². The van der Waals surface area contributed by atoms with Crippen LogP contribution in [0.25, 0.3) is 10.9 Å². The quantitative estimate of drug-likeness (QED) is 0.645. The molecule has 3 heteroatoms. The molecule has 0 fully saturated rings. The summed E-state index contributed by atoms with van der Waals surface area (Å²) in [6.45, 7) is 5.60. The van der Waals surface area contributed by atoms with Gasteiger partial charge in [-0.3, -0.25) is 0 Å². The van der Waals surface area contributed by atoms with Gasteiger partial charge in [-0.1, -0.05) is 41.9 Å². The Kier molecular flexibility index (Phi) is 3.89. The first-order chi connectivity index (χ1) is 10.2. The van der Waals surface area contributed by atoms with Crippen molar-refractivity contribution >= 4 is 22.5 Å². The van der Waals surface area contributed by atoms with Crippen molar-refractivity contribution in [1.29, 1.82) is 0 Å². The minimum absolute atomic E-state index is 0.545. The van der Waals surface area contributed by atoms with Crippen LogP contribution in [0.4, 0.5) is 0 Å². The van der Waals surface area contributed by atoms with E-state index in [0.717, 1.165) is 39.5 Å². The van der Waals surface area contributed by atoms with Crippen molar-refractivity contribution in [2.24, 2.45) is 0 Å². The lowest BCUT2D eigenvalue weighted by atomic mass is 10.2. The molecule has 0 aliphatic rings. The van der Waals surface area contributed by atoms with E-state index < -0.39 is 0 Å². The predicted octanol–water partition coefficient (Wildman–Crippen LogP) is 5.20. The average Bonchev–Trinajstić information content (AvgIpc) is 2.85. The van der Waals surface area contributed by atoms with Crippen LogP contribution in [0.2, 0.25) is 5.02 Å². The number of aromatic nitrogens is 1. The summed E-state index contributed by atoms with van der Waals surface area (Å²) >= 11 is 6.34. The molecule has 21 heavy (non-hydrogen) atoms. The molecule has 0 aliphatic heterocycles. The molecule has 0 saturated carbocycles. The molecule has 1 aromatic heterocycles. The second-order valence-electron chi connectivity index (χ2n) is 5.11. The van der Waals surface area contributed by atoms with Gasteiger partial charge in [-0.15, -0.1) is 0 Å². The minimum Gasteiger partial charge on any atom is -0.487 e. The van der Waals surface area contributed by atoms with Gasteiger partial charge in [0, 0.05) is 11.9 Å². The van der Waals surface area contributed by atoms with E-state index in [9.17, 15) is 0 Å². The van der Waals surface area contributed by atoms with Gasteiger partial charge in [-0.2, -0.15) is 0 Å². The molecule has 0 radical (unpaired) electrons. The van der Waals surface area contributed by atoms with Crippen LogP contribution in [0.15, 0.2) is 48.5 Å². The number of para-hydroxylation sites is 2. The molecule has 108 valence electrons. The topological polar surface area (TPSA) is 14.2 Å². The molecule has 1 heterocycles. The number of ether oxygens (including phenoxy) is 1. The number of halogens is 1. The Balaban J connectivity index is 1.94. The third-order valence-electron chi connectivity index (χ3n) is 3.74. The van der Waals surface area contributed by atoms with Gasteiger partial charge >= 0.3 is 0 Å². The van der Waals surface area contributed by atoms with Crippen molar-refractivity contribution in [3.63, 3.8) is 0 Å². The largest absolute Gasteiger partial charge is 0.487 e. The molecule has 3 aromatic rings. The maximum atomic E-state index is 6.34. The Morgan fingerprint density at radius 1 is 1.10 bits per heavy atom. The van der Waals surface area contributed by atoms with Crippen molar-refractivity contribution < 1.29 is 4.74 Å². The molecule has 0 saturated heterocycles. The molecular weight excluding hydrogens is 282 g/mol. The molecule has 0 spiro atoms. The van der Waals surface area contributed by atoms with Gasteiger partial charge in [0.05, 0.1) is 16.2 Å². The summed E-state index contributed by atoms with van der Waals surface area (Å²) in [7, 11) is 0. The Labute approximate surface area is 129 Å². The number of rotatable bonds is 4. The van der Waals surface area contributed by atoms with Crippen LogP contribution in [0.5, 0.6) is 5.75 Å². The Morgan fingerprint density at radius 3 is 2.67 bits per heavy atom. The summed E-state index contributed by atoms with van der Waals surface area (Å²) in [4.78, 5) is 0. The summed E-state index contributed by atoms with van der Waals surface area (Å²) in [6, 6.07) is 16.2. The fraction of sp³-hybridized carbons (Fsp3) is 0.222. The van der Waals surface area contributed by atoms with Crippen LogP contribution in [-0.2, 0) is 13.2 Å². The first kappa shape index (κ1) is 14.0. The molecular formula is C18H18ClNO. The monoisotopic (exact) mass is 299 g/mol. The van der Waals surface area contributed by atoms with Crippen LogP contribution in [0.3, 0.4) is 0 Å². The first-order valence-electron chi connectivity index (χ1n) is 7.15. The highest BCUT2D eigenvalue weighted by atomic mass is 35.5. The molecule has 2 aromatic carbocycles. The van der Waals surface area contributed by atoms with E-state index in [2.05, 4.69) is 36.6 Å². The number of fused-ring (bicyclic) bond motifs is 1. The lowest BCUT2D eigenvalue weighted by Crippen LogP contribution is -2.05.